The molecule has 1 unspecified atom stereocenters. The van der Waals surface area contributed by atoms with Gasteiger partial charge in [0, 0.05) is 24.8 Å². The summed E-state index contributed by atoms with van der Waals surface area (Å²) >= 11 is 0. The molecule has 0 spiro atoms. The van der Waals surface area contributed by atoms with Crippen molar-refractivity contribution in [2.75, 3.05) is 18.9 Å². The number of aliphatic hydroxyl groups is 1. The normalized spacial score (nSPS) is 13.6. The topological polar surface area (TPSA) is 68.4 Å². The fourth-order valence-corrected chi connectivity index (χ4v) is 1.25. The van der Waals surface area contributed by atoms with E-state index in [0.29, 0.717) is 5.56 Å². The van der Waals surface area contributed by atoms with Crippen molar-refractivity contribution in [2.24, 2.45) is 0 Å². The van der Waals surface area contributed by atoms with E-state index >= 15 is 0 Å². The second-order valence-corrected chi connectivity index (χ2v) is 3.45. The summed E-state index contributed by atoms with van der Waals surface area (Å²) < 4.78 is 39.6. The highest BCUT2D eigenvalue weighted by Gasteiger charge is 2.27. The molecule has 7 heteroatoms. The Morgan fingerprint density at radius 2 is 2.18 bits per heavy atom. The van der Waals surface area contributed by atoms with Crippen molar-refractivity contribution < 1.29 is 23.0 Å². The first-order valence-electron chi connectivity index (χ1n) is 4.93. The number of nitrogens with zero attached hydrogens (tertiary/aromatic N) is 1. The lowest BCUT2D eigenvalue weighted by atomic mass is 10.1. The highest BCUT2D eigenvalue weighted by atomic mass is 19.4. The number of pyridine rings is 1. The van der Waals surface area contributed by atoms with Gasteiger partial charge in [-0.25, -0.2) is 4.98 Å². The minimum absolute atomic E-state index is 0.0337. The number of halogens is 3. The summed E-state index contributed by atoms with van der Waals surface area (Å²) in [5, 5.41) is 9.65. The fraction of sp³-hybridized carbons (Fsp3) is 0.500. The van der Waals surface area contributed by atoms with Crippen LogP contribution in [0, 0.1) is 0 Å². The molecule has 0 aliphatic heterocycles. The van der Waals surface area contributed by atoms with Crippen molar-refractivity contribution in [3.8, 4) is 0 Å². The Bertz CT molecular complexity index is 358. The van der Waals surface area contributed by atoms with Crippen LogP contribution >= 0.6 is 0 Å². The Kier molecular flexibility index (Phi) is 4.71. The molecule has 0 aliphatic carbocycles. The van der Waals surface area contributed by atoms with Crippen LogP contribution in [0.1, 0.15) is 18.1 Å². The van der Waals surface area contributed by atoms with Gasteiger partial charge in [-0.3, -0.25) is 0 Å². The van der Waals surface area contributed by atoms with Gasteiger partial charge in [0.1, 0.15) is 12.4 Å². The summed E-state index contributed by atoms with van der Waals surface area (Å²) in [7, 11) is 0. The number of nitrogen functional groups attached to an aromatic ring is 1. The van der Waals surface area contributed by atoms with E-state index in [-0.39, 0.29) is 18.8 Å². The van der Waals surface area contributed by atoms with Crippen LogP contribution in [0.3, 0.4) is 0 Å². The number of hydrogen-bond donors (Lipinski definition) is 2. The van der Waals surface area contributed by atoms with Gasteiger partial charge in [0.25, 0.3) is 0 Å². The smallest absolute Gasteiger partial charge is 0.388 e. The largest absolute Gasteiger partial charge is 0.411 e. The zero-order valence-corrected chi connectivity index (χ0v) is 8.94. The molecule has 1 aromatic rings. The molecule has 0 aliphatic rings. The SMILES string of the molecule is Nc1ncccc1C(O)CCOCC(F)(F)F. The molecule has 1 aromatic heterocycles. The molecule has 1 atom stereocenters. The second kappa shape index (κ2) is 5.83. The van der Waals surface area contributed by atoms with Crippen LogP contribution in [0.4, 0.5) is 19.0 Å². The van der Waals surface area contributed by atoms with Gasteiger partial charge in [-0.15, -0.1) is 0 Å². The number of aromatic nitrogens is 1. The molecule has 4 nitrogen and oxygen atoms in total. The van der Waals surface area contributed by atoms with Crippen molar-refractivity contribution >= 4 is 5.82 Å². The molecule has 0 saturated carbocycles. The van der Waals surface area contributed by atoms with Crippen LogP contribution < -0.4 is 5.73 Å². The van der Waals surface area contributed by atoms with E-state index in [1.807, 2.05) is 0 Å². The van der Waals surface area contributed by atoms with Gasteiger partial charge < -0.3 is 15.6 Å². The third-order valence-corrected chi connectivity index (χ3v) is 2.03. The summed E-state index contributed by atoms with van der Waals surface area (Å²) in [6, 6.07) is 3.16. The maximum Gasteiger partial charge on any atom is 0.411 e. The van der Waals surface area contributed by atoms with Crippen molar-refractivity contribution in [2.45, 2.75) is 18.7 Å². The first kappa shape index (κ1) is 13.7. The lowest BCUT2D eigenvalue weighted by Gasteiger charge is -2.13. The number of hydrogen-bond acceptors (Lipinski definition) is 4. The molecule has 0 saturated heterocycles. The third-order valence-electron chi connectivity index (χ3n) is 2.03. The van der Waals surface area contributed by atoms with Crippen molar-refractivity contribution in [3.05, 3.63) is 23.9 Å². The summed E-state index contributed by atoms with van der Waals surface area (Å²) in [5.41, 5.74) is 5.89. The Morgan fingerprint density at radius 1 is 1.47 bits per heavy atom. The highest BCUT2D eigenvalue weighted by molar-refractivity contribution is 5.39. The van der Waals surface area contributed by atoms with Crippen molar-refractivity contribution in [1.82, 2.24) is 4.98 Å². The van der Waals surface area contributed by atoms with E-state index in [9.17, 15) is 18.3 Å². The fourth-order valence-electron chi connectivity index (χ4n) is 1.25. The monoisotopic (exact) mass is 250 g/mol. The molecule has 0 bridgehead atoms. The van der Waals surface area contributed by atoms with Crippen LogP contribution in [-0.4, -0.2) is 29.5 Å². The minimum Gasteiger partial charge on any atom is -0.388 e. The predicted octanol–water partition coefficient (Wildman–Crippen LogP) is 1.67. The zero-order valence-electron chi connectivity index (χ0n) is 8.94. The highest BCUT2D eigenvalue weighted by Crippen LogP contribution is 2.21. The first-order chi connectivity index (χ1) is 7.90. The van der Waals surface area contributed by atoms with Gasteiger partial charge in [0.15, 0.2) is 0 Å². The Balaban J connectivity index is 2.36. The lowest BCUT2D eigenvalue weighted by Crippen LogP contribution is -2.18. The Hall–Kier alpha value is -1.34. The van der Waals surface area contributed by atoms with Crippen molar-refractivity contribution in [3.63, 3.8) is 0 Å². The molecule has 3 N–H and O–H groups in total. The predicted molar refractivity (Wildman–Crippen MR) is 55.1 cm³/mol. The number of rotatable bonds is 5. The average molecular weight is 250 g/mol. The lowest BCUT2D eigenvalue weighted by molar-refractivity contribution is -0.175. The maximum atomic E-state index is 11.7. The van der Waals surface area contributed by atoms with Crippen LogP contribution in [0.5, 0.6) is 0 Å². The summed E-state index contributed by atoms with van der Waals surface area (Å²) in [5.74, 6) is 0.163. The molecule has 96 valence electrons. The number of anilines is 1. The first-order valence-corrected chi connectivity index (χ1v) is 4.93. The Morgan fingerprint density at radius 3 is 2.76 bits per heavy atom. The van der Waals surface area contributed by atoms with Crippen LogP contribution in [0.25, 0.3) is 0 Å². The number of nitrogens with two attached hydrogens (primary N) is 1. The number of aliphatic hydroxyl groups excluding tert-OH is 1. The third kappa shape index (κ3) is 5.01. The van der Waals surface area contributed by atoms with Gasteiger partial charge >= 0.3 is 6.18 Å². The van der Waals surface area contributed by atoms with Crippen LogP contribution in [0.2, 0.25) is 0 Å². The molecule has 1 rings (SSSR count). The molecule has 1 heterocycles. The molecular formula is C10H13F3N2O2. The van der Waals surface area contributed by atoms with E-state index in [4.69, 9.17) is 5.73 Å². The number of ether oxygens (including phenoxy) is 1. The summed E-state index contributed by atoms with van der Waals surface area (Å²) in [4.78, 5) is 3.76. The number of alkyl halides is 3. The molecule has 0 fully saturated rings. The minimum atomic E-state index is -4.35. The van der Waals surface area contributed by atoms with E-state index in [0.717, 1.165) is 0 Å². The summed E-state index contributed by atoms with van der Waals surface area (Å²) in [6.07, 6.45) is -3.83. The molecule has 17 heavy (non-hydrogen) atoms. The maximum absolute atomic E-state index is 11.7. The molecular weight excluding hydrogens is 237 g/mol. The molecule has 0 radical (unpaired) electrons. The van der Waals surface area contributed by atoms with Gasteiger partial charge in [0.05, 0.1) is 6.10 Å². The van der Waals surface area contributed by atoms with E-state index in [2.05, 4.69) is 9.72 Å². The average Bonchev–Trinajstić information content (AvgIpc) is 2.23. The molecule has 0 amide bonds. The van der Waals surface area contributed by atoms with E-state index in [1.54, 1.807) is 12.1 Å². The van der Waals surface area contributed by atoms with Crippen LogP contribution in [0.15, 0.2) is 18.3 Å². The van der Waals surface area contributed by atoms with E-state index < -0.39 is 18.9 Å². The molecule has 0 aromatic carbocycles. The quantitative estimate of drug-likeness (QED) is 0.780. The van der Waals surface area contributed by atoms with Gasteiger partial charge in [-0.05, 0) is 6.07 Å². The second-order valence-electron chi connectivity index (χ2n) is 3.45. The van der Waals surface area contributed by atoms with Gasteiger partial charge in [-0.1, -0.05) is 6.07 Å². The summed E-state index contributed by atoms with van der Waals surface area (Å²) in [6.45, 7) is -1.52. The van der Waals surface area contributed by atoms with Gasteiger partial charge in [0.2, 0.25) is 0 Å². The van der Waals surface area contributed by atoms with Crippen LogP contribution in [-0.2, 0) is 4.74 Å². The zero-order chi connectivity index (χ0) is 12.9. The van der Waals surface area contributed by atoms with Crippen molar-refractivity contribution in [1.29, 1.82) is 0 Å². The standard InChI is InChI=1S/C10H13F3N2O2/c11-10(12,13)6-17-5-3-8(16)7-2-1-4-15-9(7)14/h1-2,4,8,16H,3,5-6H2,(H2,14,15). The van der Waals surface area contributed by atoms with Gasteiger partial charge in [-0.2, -0.15) is 13.2 Å². The van der Waals surface area contributed by atoms with E-state index in [1.165, 1.54) is 6.20 Å². The Labute approximate surface area is 96.2 Å².